The van der Waals surface area contributed by atoms with E-state index in [1.54, 1.807) is 0 Å². The Morgan fingerprint density at radius 3 is 2.57 bits per heavy atom. The Balaban J connectivity index is 1.24. The summed E-state index contributed by atoms with van der Waals surface area (Å²) in [5.74, 6) is 2.99. The van der Waals surface area contributed by atoms with Crippen molar-refractivity contribution >= 4 is 21.7 Å². The molecule has 0 aliphatic rings. The highest BCUT2D eigenvalue weighted by Gasteiger charge is 2.13. The summed E-state index contributed by atoms with van der Waals surface area (Å²) in [4.78, 5) is 9.04. The van der Waals surface area contributed by atoms with Gasteiger partial charge in [-0.3, -0.25) is 15.2 Å². The first kappa shape index (κ1) is 22.9. The summed E-state index contributed by atoms with van der Waals surface area (Å²) < 4.78 is 5.98. The van der Waals surface area contributed by atoms with Gasteiger partial charge in [-0.2, -0.15) is 10.2 Å². The van der Waals surface area contributed by atoms with Crippen LogP contribution in [0.4, 0.5) is 0 Å². The fraction of sp³-hybridized carbons (Fsp3) is 0.200. The summed E-state index contributed by atoms with van der Waals surface area (Å²) in [6, 6.07) is 24.7. The Morgan fingerprint density at radius 2 is 1.70 bits per heavy atom. The Labute approximate surface area is 215 Å². The molecule has 3 heterocycles. The number of pyridine rings is 1. The molecule has 0 spiro atoms. The average molecular weight is 489 g/mol. The maximum atomic E-state index is 5.98. The zero-order chi connectivity index (χ0) is 25.2. The van der Waals surface area contributed by atoms with Crippen LogP contribution in [-0.4, -0.2) is 37.0 Å². The highest BCUT2D eigenvalue weighted by Crippen LogP contribution is 2.32. The number of aromatic nitrogens is 6. The van der Waals surface area contributed by atoms with E-state index in [2.05, 4.69) is 80.6 Å². The number of H-pyrrole nitrogens is 2. The summed E-state index contributed by atoms with van der Waals surface area (Å²) >= 11 is 0. The van der Waals surface area contributed by atoms with Crippen LogP contribution in [-0.2, 0) is 12.8 Å². The first-order valence-electron chi connectivity index (χ1n) is 12.6. The van der Waals surface area contributed by atoms with Gasteiger partial charge in [-0.25, -0.2) is 4.98 Å². The van der Waals surface area contributed by atoms with Gasteiger partial charge in [0, 0.05) is 41.2 Å². The molecule has 0 saturated carbocycles. The summed E-state index contributed by atoms with van der Waals surface area (Å²) in [7, 11) is 0. The van der Waals surface area contributed by atoms with Gasteiger partial charge in [-0.15, -0.1) is 0 Å². The van der Waals surface area contributed by atoms with Crippen LogP contribution in [0, 0.1) is 5.92 Å². The third-order valence-electron chi connectivity index (χ3n) is 6.39. The molecule has 7 nitrogen and oxygen atoms in total. The van der Waals surface area contributed by atoms with Gasteiger partial charge in [0.2, 0.25) is 0 Å². The normalized spacial score (nSPS) is 11.5. The fourth-order valence-corrected chi connectivity index (χ4v) is 4.56. The quantitative estimate of drug-likeness (QED) is 0.259. The second-order valence-electron chi connectivity index (χ2n) is 9.68. The zero-order valence-corrected chi connectivity index (χ0v) is 20.9. The van der Waals surface area contributed by atoms with E-state index in [4.69, 9.17) is 4.74 Å². The van der Waals surface area contributed by atoms with Crippen molar-refractivity contribution < 1.29 is 4.74 Å². The van der Waals surface area contributed by atoms with Crippen molar-refractivity contribution in [3.05, 3.63) is 90.5 Å². The molecule has 0 radical (unpaired) electrons. The molecular weight excluding hydrogens is 460 g/mol. The summed E-state index contributed by atoms with van der Waals surface area (Å²) in [5.41, 5.74) is 4.94. The van der Waals surface area contributed by atoms with E-state index in [-0.39, 0.29) is 0 Å². The van der Waals surface area contributed by atoms with Crippen molar-refractivity contribution in [2.45, 2.75) is 26.7 Å². The van der Waals surface area contributed by atoms with Gasteiger partial charge in [0.1, 0.15) is 11.6 Å². The summed E-state index contributed by atoms with van der Waals surface area (Å²) in [6.45, 7) is 4.94. The molecule has 3 aromatic heterocycles. The number of aromatic amines is 2. The Bertz CT molecular complexity index is 1670. The highest BCUT2D eigenvalue weighted by atomic mass is 16.5. The number of nitrogens with zero attached hydrogens (tertiary/aromatic N) is 4. The molecule has 37 heavy (non-hydrogen) atoms. The lowest BCUT2D eigenvalue weighted by Gasteiger charge is -2.08. The number of fused-ring (bicyclic) bond motifs is 2. The van der Waals surface area contributed by atoms with E-state index in [9.17, 15) is 0 Å². The summed E-state index contributed by atoms with van der Waals surface area (Å²) in [6.07, 6.45) is 3.46. The molecule has 2 N–H and O–H groups in total. The van der Waals surface area contributed by atoms with Crippen LogP contribution in [0.15, 0.2) is 79.0 Å². The molecular formula is C30H28N6O. The van der Waals surface area contributed by atoms with Gasteiger partial charge in [-0.1, -0.05) is 38.1 Å². The number of hydrogen-bond acceptors (Lipinski definition) is 5. The lowest BCUT2D eigenvalue weighted by molar-refractivity contribution is 0.321. The smallest absolute Gasteiger partial charge is 0.181 e. The number of benzene rings is 3. The zero-order valence-electron chi connectivity index (χ0n) is 20.9. The summed E-state index contributed by atoms with van der Waals surface area (Å²) in [5, 5.41) is 18.6. The molecule has 0 aliphatic heterocycles. The number of hydrogen-bond donors (Lipinski definition) is 2. The van der Waals surface area contributed by atoms with Gasteiger partial charge in [0.15, 0.2) is 5.82 Å². The number of nitrogens with one attached hydrogen (secondary N) is 2. The van der Waals surface area contributed by atoms with Crippen LogP contribution < -0.4 is 4.74 Å². The third kappa shape index (κ3) is 4.93. The first-order valence-corrected chi connectivity index (χ1v) is 12.6. The lowest BCUT2D eigenvalue weighted by atomic mass is 10.0. The van der Waals surface area contributed by atoms with Crippen LogP contribution in [0.5, 0.6) is 5.75 Å². The predicted octanol–water partition coefficient (Wildman–Crippen LogP) is 6.38. The molecule has 184 valence electrons. The van der Waals surface area contributed by atoms with E-state index < -0.39 is 0 Å². The molecule has 0 bridgehead atoms. The number of ether oxygens (including phenoxy) is 1. The lowest BCUT2D eigenvalue weighted by Crippen LogP contribution is -2.02. The maximum absolute atomic E-state index is 5.98. The van der Waals surface area contributed by atoms with Crippen molar-refractivity contribution in [3.8, 4) is 28.4 Å². The van der Waals surface area contributed by atoms with Crippen LogP contribution in [0.2, 0.25) is 0 Å². The molecule has 0 aliphatic carbocycles. The molecule has 0 atom stereocenters. The van der Waals surface area contributed by atoms with Gasteiger partial charge in [0.25, 0.3) is 0 Å². The van der Waals surface area contributed by atoms with E-state index in [0.717, 1.165) is 68.6 Å². The Kier molecular flexibility index (Phi) is 6.10. The van der Waals surface area contributed by atoms with Crippen molar-refractivity contribution in [2.24, 2.45) is 5.92 Å². The van der Waals surface area contributed by atoms with Crippen molar-refractivity contribution in [2.75, 3.05) is 6.61 Å². The molecule has 0 saturated heterocycles. The van der Waals surface area contributed by atoms with E-state index >= 15 is 0 Å². The molecule has 0 amide bonds. The van der Waals surface area contributed by atoms with E-state index in [1.807, 2.05) is 42.6 Å². The largest absolute Gasteiger partial charge is 0.493 e. The standard InChI is InChI=1S/C30H28N6O/c1-19(2)15-28-32-30(36-34-28)23-9-11-27-26(18-23)29(35-33-27)22-7-6-21-17-25(10-8-20(21)16-22)37-14-12-24-5-3-4-13-31-24/h3-11,13,16-19H,12,14-15H2,1-2H3,(H,33,35)(H,32,34,36). The predicted molar refractivity (Wildman–Crippen MR) is 146 cm³/mol. The fourth-order valence-electron chi connectivity index (χ4n) is 4.56. The molecule has 3 aromatic carbocycles. The van der Waals surface area contributed by atoms with Crippen LogP contribution >= 0.6 is 0 Å². The molecule has 0 unspecified atom stereocenters. The van der Waals surface area contributed by atoms with Crippen molar-refractivity contribution in [1.29, 1.82) is 0 Å². The Morgan fingerprint density at radius 1 is 0.838 bits per heavy atom. The van der Waals surface area contributed by atoms with Crippen molar-refractivity contribution in [3.63, 3.8) is 0 Å². The van der Waals surface area contributed by atoms with Gasteiger partial charge < -0.3 is 4.74 Å². The van der Waals surface area contributed by atoms with Crippen LogP contribution in [0.3, 0.4) is 0 Å². The van der Waals surface area contributed by atoms with Crippen LogP contribution in [0.1, 0.15) is 25.4 Å². The molecule has 6 rings (SSSR count). The van der Waals surface area contributed by atoms with Gasteiger partial charge in [-0.05, 0) is 65.2 Å². The maximum Gasteiger partial charge on any atom is 0.181 e. The van der Waals surface area contributed by atoms with Gasteiger partial charge >= 0.3 is 0 Å². The molecule has 6 aromatic rings. The number of rotatable bonds is 8. The van der Waals surface area contributed by atoms with Crippen LogP contribution in [0.25, 0.3) is 44.3 Å². The molecule has 0 fully saturated rings. The minimum atomic E-state index is 0.519. The van der Waals surface area contributed by atoms with Crippen molar-refractivity contribution in [1.82, 2.24) is 30.4 Å². The Hall–Kier alpha value is -4.52. The van der Waals surface area contributed by atoms with E-state index in [1.165, 1.54) is 0 Å². The third-order valence-corrected chi connectivity index (χ3v) is 6.39. The average Bonchev–Trinajstić information content (AvgIpc) is 3.55. The minimum Gasteiger partial charge on any atom is -0.493 e. The highest BCUT2D eigenvalue weighted by molar-refractivity contribution is 5.97. The monoisotopic (exact) mass is 488 g/mol. The SMILES string of the molecule is CC(C)Cc1nc(-c2ccc3[nH]nc(-c4ccc5cc(OCCc6ccccn6)ccc5c4)c3c2)n[nH]1. The van der Waals surface area contributed by atoms with Gasteiger partial charge in [0.05, 0.1) is 17.8 Å². The van der Waals surface area contributed by atoms with E-state index in [0.29, 0.717) is 18.3 Å². The topological polar surface area (TPSA) is 92.4 Å². The second kappa shape index (κ2) is 9.85. The minimum absolute atomic E-state index is 0.519. The first-order chi connectivity index (χ1) is 18.1. The molecule has 7 heteroatoms. The second-order valence-corrected chi connectivity index (χ2v) is 9.68.